The van der Waals surface area contributed by atoms with Crippen molar-refractivity contribution in [3.8, 4) is 11.1 Å². The van der Waals surface area contributed by atoms with Crippen molar-refractivity contribution in [3.05, 3.63) is 109 Å². The third-order valence-corrected chi connectivity index (χ3v) is 9.50. The van der Waals surface area contributed by atoms with Crippen LogP contribution >= 0.6 is 0 Å². The molecule has 4 aromatic rings. The lowest BCUT2D eigenvalue weighted by atomic mass is 9.54. The van der Waals surface area contributed by atoms with E-state index in [4.69, 9.17) is 9.97 Å². The Morgan fingerprint density at radius 3 is 2.18 bits per heavy atom. The van der Waals surface area contributed by atoms with Gasteiger partial charge in [0, 0.05) is 34.6 Å². The van der Waals surface area contributed by atoms with Crippen molar-refractivity contribution >= 4 is 23.0 Å². The van der Waals surface area contributed by atoms with Gasteiger partial charge in [-0.05, 0) is 59.2 Å². The smallest absolute Gasteiger partial charge is 0.178 e. The first-order chi connectivity index (χ1) is 18.9. The van der Waals surface area contributed by atoms with E-state index in [0.29, 0.717) is 5.92 Å². The summed E-state index contributed by atoms with van der Waals surface area (Å²) in [6, 6.07) is 26.5. The van der Waals surface area contributed by atoms with Crippen molar-refractivity contribution in [2.75, 3.05) is 9.80 Å². The maximum absolute atomic E-state index is 4.96. The molecule has 0 aliphatic carbocycles. The van der Waals surface area contributed by atoms with Crippen molar-refractivity contribution in [1.29, 1.82) is 0 Å². The summed E-state index contributed by atoms with van der Waals surface area (Å²) < 4.78 is 0. The summed E-state index contributed by atoms with van der Waals surface area (Å²) in [5.74, 6) is 2.25. The summed E-state index contributed by atoms with van der Waals surface area (Å²) in [7, 11) is 0. The van der Waals surface area contributed by atoms with E-state index >= 15 is 0 Å². The van der Waals surface area contributed by atoms with Crippen LogP contribution in [0.1, 0.15) is 64.5 Å². The standard InChI is InChI=1S/C35H38N4/c1-7-34(6)33-38(26-15-11-10-12-16-26)31-32(37-22-21-36-31)39(33)30-23-25(19-20-29(30)35(34,8-2)9-3)28-18-14-13-17-27(28)24(4)5/h8,10-24,33H,2,7,9H2,1,3-6H3. The zero-order chi connectivity index (χ0) is 27.4. The van der Waals surface area contributed by atoms with Crippen LogP contribution in [-0.4, -0.2) is 16.1 Å². The molecule has 3 unspecified atom stereocenters. The Labute approximate surface area is 233 Å². The molecule has 3 heterocycles. The molecular formula is C35H38N4. The number of anilines is 4. The van der Waals surface area contributed by atoms with E-state index in [-0.39, 0.29) is 17.0 Å². The lowest BCUT2D eigenvalue weighted by Gasteiger charge is -2.59. The van der Waals surface area contributed by atoms with E-state index in [2.05, 4.69) is 130 Å². The van der Waals surface area contributed by atoms with Crippen LogP contribution in [0.5, 0.6) is 0 Å². The maximum Gasteiger partial charge on any atom is 0.178 e. The van der Waals surface area contributed by atoms with E-state index in [0.717, 1.165) is 30.2 Å². The molecule has 0 radical (unpaired) electrons. The molecule has 2 aliphatic heterocycles. The highest BCUT2D eigenvalue weighted by Crippen LogP contribution is 2.64. The summed E-state index contributed by atoms with van der Waals surface area (Å²) >= 11 is 0. The van der Waals surface area contributed by atoms with Crippen LogP contribution < -0.4 is 9.80 Å². The zero-order valence-electron chi connectivity index (χ0n) is 23.7. The number of aromatic nitrogens is 2. The first-order valence-electron chi connectivity index (χ1n) is 14.2. The van der Waals surface area contributed by atoms with Gasteiger partial charge < -0.3 is 9.80 Å². The molecule has 0 saturated carbocycles. The number of nitrogens with zero attached hydrogens (tertiary/aromatic N) is 4. The Kier molecular flexibility index (Phi) is 6.10. The van der Waals surface area contributed by atoms with Gasteiger partial charge in [0.05, 0.1) is 0 Å². The van der Waals surface area contributed by atoms with Crippen LogP contribution in [0, 0.1) is 5.41 Å². The fourth-order valence-electron chi connectivity index (χ4n) is 7.34. The summed E-state index contributed by atoms with van der Waals surface area (Å²) in [5, 5.41) is 0. The van der Waals surface area contributed by atoms with E-state index < -0.39 is 0 Å². The molecule has 39 heavy (non-hydrogen) atoms. The second-order valence-electron chi connectivity index (χ2n) is 11.4. The third kappa shape index (κ3) is 3.43. The highest BCUT2D eigenvalue weighted by Gasteiger charge is 2.62. The third-order valence-electron chi connectivity index (χ3n) is 9.50. The van der Waals surface area contributed by atoms with Gasteiger partial charge in [0.15, 0.2) is 11.6 Å². The molecule has 0 bridgehead atoms. The van der Waals surface area contributed by atoms with Crippen molar-refractivity contribution < 1.29 is 0 Å². The molecule has 0 N–H and O–H groups in total. The van der Waals surface area contributed by atoms with Crippen LogP contribution in [0.4, 0.5) is 23.0 Å². The van der Waals surface area contributed by atoms with Gasteiger partial charge in [-0.25, -0.2) is 9.97 Å². The van der Waals surface area contributed by atoms with Crippen LogP contribution in [0.25, 0.3) is 11.1 Å². The minimum Gasteiger partial charge on any atom is -0.301 e. The molecule has 2 aliphatic rings. The van der Waals surface area contributed by atoms with Gasteiger partial charge in [-0.3, -0.25) is 0 Å². The van der Waals surface area contributed by atoms with Crippen molar-refractivity contribution in [2.24, 2.45) is 5.41 Å². The molecule has 0 fully saturated rings. The fraction of sp³-hybridized carbons (Fsp3) is 0.314. The fourth-order valence-corrected chi connectivity index (χ4v) is 7.34. The first kappa shape index (κ1) is 25.4. The molecular weight excluding hydrogens is 476 g/mol. The van der Waals surface area contributed by atoms with Crippen LogP contribution in [0.3, 0.4) is 0 Å². The summed E-state index contributed by atoms with van der Waals surface area (Å²) in [6.45, 7) is 16.1. The molecule has 4 heteroatoms. The molecule has 198 valence electrons. The Balaban J connectivity index is 1.68. The minimum absolute atomic E-state index is 0.0108. The number of rotatable bonds is 6. The van der Waals surface area contributed by atoms with E-state index in [1.54, 1.807) is 0 Å². The number of hydrogen-bond acceptors (Lipinski definition) is 4. The zero-order valence-corrected chi connectivity index (χ0v) is 23.7. The van der Waals surface area contributed by atoms with Gasteiger partial charge in [-0.2, -0.15) is 0 Å². The van der Waals surface area contributed by atoms with Gasteiger partial charge in [-0.15, -0.1) is 6.58 Å². The molecule has 3 aromatic carbocycles. The average Bonchev–Trinajstić information content (AvgIpc) is 3.34. The topological polar surface area (TPSA) is 32.3 Å². The lowest BCUT2D eigenvalue weighted by Crippen LogP contribution is -2.62. The van der Waals surface area contributed by atoms with Gasteiger partial charge in [0.25, 0.3) is 0 Å². The minimum atomic E-state index is -0.233. The van der Waals surface area contributed by atoms with Crippen molar-refractivity contribution in [1.82, 2.24) is 9.97 Å². The second kappa shape index (κ2) is 9.37. The van der Waals surface area contributed by atoms with Gasteiger partial charge >= 0.3 is 0 Å². The van der Waals surface area contributed by atoms with E-state index in [1.165, 1.54) is 27.9 Å². The molecule has 6 rings (SSSR count). The molecule has 0 saturated heterocycles. The van der Waals surface area contributed by atoms with Gasteiger partial charge in [0.1, 0.15) is 6.17 Å². The number of allylic oxidation sites excluding steroid dienone is 1. The van der Waals surface area contributed by atoms with Crippen LogP contribution in [0.2, 0.25) is 0 Å². The molecule has 1 aromatic heterocycles. The maximum atomic E-state index is 4.96. The van der Waals surface area contributed by atoms with Crippen molar-refractivity contribution in [2.45, 2.75) is 65.0 Å². The first-order valence-corrected chi connectivity index (χ1v) is 14.2. The van der Waals surface area contributed by atoms with E-state index in [1.807, 2.05) is 12.4 Å². The summed E-state index contributed by atoms with van der Waals surface area (Å²) in [5.41, 5.74) is 7.12. The predicted molar refractivity (Wildman–Crippen MR) is 163 cm³/mol. The highest BCUT2D eigenvalue weighted by atomic mass is 15.5. The molecule has 3 atom stereocenters. The lowest BCUT2D eigenvalue weighted by molar-refractivity contribution is 0.120. The van der Waals surface area contributed by atoms with Gasteiger partial charge in [0.2, 0.25) is 0 Å². The molecule has 0 amide bonds. The highest BCUT2D eigenvalue weighted by molar-refractivity contribution is 5.89. The normalized spacial score (nSPS) is 23.4. The monoisotopic (exact) mass is 514 g/mol. The largest absolute Gasteiger partial charge is 0.301 e. The molecule has 0 spiro atoms. The van der Waals surface area contributed by atoms with Gasteiger partial charge in [-0.1, -0.05) is 95.3 Å². The Morgan fingerprint density at radius 2 is 1.54 bits per heavy atom. The SMILES string of the molecule is C=CC1(CC)c2ccc(-c3ccccc3C(C)C)cc2N2c3nccnc3N(c3ccccc3)C2C1(C)CC. The quantitative estimate of drug-likeness (QED) is 0.240. The number of para-hydroxylation sites is 1. The Hall–Kier alpha value is -3.92. The van der Waals surface area contributed by atoms with Crippen molar-refractivity contribution in [3.63, 3.8) is 0 Å². The number of fused-ring (bicyclic) bond motifs is 5. The molecule has 4 nitrogen and oxygen atoms in total. The number of hydrogen-bond donors (Lipinski definition) is 0. The average molecular weight is 515 g/mol. The second-order valence-corrected chi connectivity index (χ2v) is 11.4. The van der Waals surface area contributed by atoms with Crippen LogP contribution in [-0.2, 0) is 5.41 Å². The van der Waals surface area contributed by atoms with Crippen LogP contribution in [0.15, 0.2) is 97.8 Å². The van der Waals surface area contributed by atoms with E-state index in [9.17, 15) is 0 Å². The Morgan fingerprint density at radius 1 is 0.872 bits per heavy atom. The summed E-state index contributed by atoms with van der Waals surface area (Å²) in [6.07, 6.45) is 7.78. The predicted octanol–water partition coefficient (Wildman–Crippen LogP) is 9.15. The number of benzene rings is 3. The summed E-state index contributed by atoms with van der Waals surface area (Å²) in [4.78, 5) is 14.8. The Bertz CT molecular complexity index is 1530.